The fraction of sp³-hybridized carbons (Fsp3) is 0.636. The van der Waals surface area contributed by atoms with Gasteiger partial charge in [-0.1, -0.05) is 11.6 Å². The molecule has 1 aromatic rings. The first-order valence-corrected chi connectivity index (χ1v) is 12.9. The van der Waals surface area contributed by atoms with Crippen LogP contribution in [0.15, 0.2) is 23.1 Å². The molecule has 0 aromatic heterocycles. The van der Waals surface area contributed by atoms with Crippen LogP contribution in [0, 0.1) is 23.7 Å². The van der Waals surface area contributed by atoms with E-state index in [1.165, 1.54) is 48.5 Å². The summed E-state index contributed by atoms with van der Waals surface area (Å²) in [6.45, 7) is 0.249. The predicted octanol–water partition coefficient (Wildman–Crippen LogP) is 3.13. The lowest BCUT2D eigenvalue weighted by Crippen LogP contribution is -2.58. The molecule has 2 N–H and O–H groups in total. The van der Waals surface area contributed by atoms with Crippen molar-refractivity contribution in [2.24, 2.45) is 23.7 Å². The Morgan fingerprint density at radius 1 is 1.06 bits per heavy atom. The summed E-state index contributed by atoms with van der Waals surface area (Å²) in [5.74, 6) is 1.25. The fourth-order valence-corrected chi connectivity index (χ4v) is 8.86. The highest BCUT2D eigenvalue weighted by atomic mass is 35.5. The molecule has 1 aromatic carbocycles. The first kappa shape index (κ1) is 21.2. The summed E-state index contributed by atoms with van der Waals surface area (Å²) in [6, 6.07) is 2.98. The minimum Gasteiger partial charge on any atom is -0.478 e. The van der Waals surface area contributed by atoms with Crippen molar-refractivity contribution in [1.82, 2.24) is 9.62 Å². The first-order valence-electron chi connectivity index (χ1n) is 11.1. The standard InChI is InChI=1S/C22H27ClN2O5S/c23-17-11-14(22(27)28)3-4-19(17)31(29,30)25-5-1-2-18(25)21(26)24-20-15-7-12-6-13(9-15)10-16(20)8-12/h3-4,11-13,15-16,18,20H,1-2,5-10H2,(H,24,26)(H,27,28). The van der Waals surface area contributed by atoms with Crippen LogP contribution in [0.4, 0.5) is 0 Å². The van der Waals surface area contributed by atoms with Gasteiger partial charge in [-0.2, -0.15) is 4.31 Å². The van der Waals surface area contributed by atoms with E-state index in [2.05, 4.69) is 5.32 Å². The highest BCUT2D eigenvalue weighted by molar-refractivity contribution is 7.89. The number of carboxylic acids is 1. The number of carboxylic acid groups (broad SMARTS) is 1. The number of hydrogen-bond donors (Lipinski definition) is 2. The van der Waals surface area contributed by atoms with E-state index in [0.29, 0.717) is 24.7 Å². The highest BCUT2D eigenvalue weighted by Gasteiger charge is 2.50. The van der Waals surface area contributed by atoms with Gasteiger partial charge in [-0.25, -0.2) is 13.2 Å². The molecule has 7 nitrogen and oxygen atoms in total. The number of carbonyl (C=O) groups excluding carboxylic acids is 1. The van der Waals surface area contributed by atoms with Crippen molar-refractivity contribution in [3.8, 4) is 0 Å². The van der Waals surface area contributed by atoms with Gasteiger partial charge in [-0.05, 0) is 86.8 Å². The molecular formula is C22H27ClN2O5S. The Morgan fingerprint density at radius 2 is 1.71 bits per heavy atom. The van der Waals surface area contributed by atoms with Crippen LogP contribution in [-0.2, 0) is 14.8 Å². The third-order valence-corrected chi connectivity index (χ3v) is 10.2. The quantitative estimate of drug-likeness (QED) is 0.693. The molecule has 1 saturated heterocycles. The summed E-state index contributed by atoms with van der Waals surface area (Å²) < 4.78 is 27.8. The number of amides is 1. The van der Waals surface area contributed by atoms with Crippen LogP contribution < -0.4 is 5.32 Å². The summed E-state index contributed by atoms with van der Waals surface area (Å²) in [5, 5.41) is 12.2. The summed E-state index contributed by atoms with van der Waals surface area (Å²) in [7, 11) is -4.02. The molecule has 168 valence electrons. The third-order valence-electron chi connectivity index (χ3n) is 7.81. The SMILES string of the molecule is O=C(O)c1ccc(S(=O)(=O)N2CCCC2C(=O)NC2C3CC4CC(C3)CC2C4)c(Cl)c1. The average Bonchev–Trinajstić information content (AvgIpc) is 3.20. The molecule has 1 heterocycles. The normalized spacial score (nSPS) is 34.7. The van der Waals surface area contributed by atoms with Crippen LogP contribution in [0.25, 0.3) is 0 Å². The van der Waals surface area contributed by atoms with Gasteiger partial charge in [0.05, 0.1) is 10.6 Å². The molecule has 1 amide bonds. The summed E-state index contributed by atoms with van der Waals surface area (Å²) in [6.07, 6.45) is 7.12. The number of nitrogens with one attached hydrogen (secondary N) is 1. The van der Waals surface area contributed by atoms with Gasteiger partial charge in [-0.3, -0.25) is 4.79 Å². The van der Waals surface area contributed by atoms with Gasteiger partial charge in [-0.15, -0.1) is 0 Å². The summed E-state index contributed by atoms with van der Waals surface area (Å²) in [4.78, 5) is 24.2. The molecular weight excluding hydrogens is 440 g/mol. The topological polar surface area (TPSA) is 104 Å². The second kappa shape index (κ2) is 7.74. The molecule has 4 aliphatic carbocycles. The largest absolute Gasteiger partial charge is 0.478 e. The Kier molecular flexibility index (Phi) is 5.30. The smallest absolute Gasteiger partial charge is 0.335 e. The molecule has 1 atom stereocenters. The van der Waals surface area contributed by atoms with Crippen LogP contribution in [0.1, 0.15) is 55.3 Å². The number of benzene rings is 1. The Morgan fingerprint density at radius 3 is 2.29 bits per heavy atom. The molecule has 5 aliphatic rings. The maximum Gasteiger partial charge on any atom is 0.335 e. The van der Waals surface area contributed by atoms with Gasteiger partial charge in [0, 0.05) is 12.6 Å². The van der Waals surface area contributed by atoms with Crippen molar-refractivity contribution in [3.05, 3.63) is 28.8 Å². The zero-order chi connectivity index (χ0) is 21.9. The highest BCUT2D eigenvalue weighted by Crippen LogP contribution is 2.53. The summed E-state index contributed by atoms with van der Waals surface area (Å²) >= 11 is 6.13. The minimum absolute atomic E-state index is 0.0819. The second-order valence-electron chi connectivity index (χ2n) is 9.69. The number of carbonyl (C=O) groups is 2. The number of aromatic carboxylic acids is 1. The zero-order valence-corrected chi connectivity index (χ0v) is 18.7. The number of hydrogen-bond acceptors (Lipinski definition) is 4. The molecule has 9 heteroatoms. The van der Waals surface area contributed by atoms with E-state index in [1.807, 2.05) is 0 Å². The van der Waals surface area contributed by atoms with Crippen LogP contribution in [-0.4, -0.2) is 48.3 Å². The Labute approximate surface area is 187 Å². The lowest BCUT2D eigenvalue weighted by Gasteiger charge is -2.54. The van der Waals surface area contributed by atoms with Crippen molar-refractivity contribution in [1.29, 1.82) is 0 Å². The number of rotatable bonds is 5. The maximum atomic E-state index is 13.3. The molecule has 1 unspecified atom stereocenters. The van der Waals surface area contributed by atoms with E-state index in [0.717, 1.165) is 17.9 Å². The van der Waals surface area contributed by atoms with Gasteiger partial charge in [0.15, 0.2) is 0 Å². The van der Waals surface area contributed by atoms with Crippen molar-refractivity contribution >= 4 is 33.5 Å². The van der Waals surface area contributed by atoms with Gasteiger partial charge >= 0.3 is 5.97 Å². The van der Waals surface area contributed by atoms with Crippen molar-refractivity contribution in [2.45, 2.75) is 61.9 Å². The fourth-order valence-electron chi connectivity index (χ4n) is 6.68. The molecule has 1 aliphatic heterocycles. The third kappa shape index (κ3) is 3.66. The van der Waals surface area contributed by atoms with Crippen LogP contribution in [0.3, 0.4) is 0 Å². The second-order valence-corrected chi connectivity index (χ2v) is 12.0. The van der Waals surface area contributed by atoms with E-state index < -0.39 is 22.0 Å². The molecule has 31 heavy (non-hydrogen) atoms. The van der Waals surface area contributed by atoms with Crippen molar-refractivity contribution < 1.29 is 23.1 Å². The first-order chi connectivity index (χ1) is 14.7. The van der Waals surface area contributed by atoms with E-state index in [1.54, 1.807) is 0 Å². The lowest BCUT2D eigenvalue weighted by molar-refractivity contribution is -0.128. The molecule has 5 fully saturated rings. The van der Waals surface area contributed by atoms with Crippen LogP contribution in [0.2, 0.25) is 5.02 Å². The zero-order valence-electron chi connectivity index (χ0n) is 17.2. The molecule has 4 saturated carbocycles. The summed E-state index contributed by atoms with van der Waals surface area (Å²) in [5.41, 5.74) is -0.0819. The Hall–Kier alpha value is -1.64. The van der Waals surface area contributed by atoms with Gasteiger partial charge in [0.25, 0.3) is 0 Å². The van der Waals surface area contributed by atoms with E-state index in [4.69, 9.17) is 16.7 Å². The average molecular weight is 467 g/mol. The number of halogens is 1. The Bertz CT molecular complexity index is 999. The molecule has 4 bridgehead atoms. The van der Waals surface area contributed by atoms with Crippen LogP contribution >= 0.6 is 11.6 Å². The molecule has 6 rings (SSSR count). The van der Waals surface area contributed by atoms with Gasteiger partial charge in [0.2, 0.25) is 15.9 Å². The van der Waals surface area contributed by atoms with Crippen LogP contribution in [0.5, 0.6) is 0 Å². The Balaban J connectivity index is 1.34. The van der Waals surface area contributed by atoms with E-state index in [9.17, 15) is 18.0 Å². The number of nitrogens with zero attached hydrogens (tertiary/aromatic N) is 1. The maximum absolute atomic E-state index is 13.3. The van der Waals surface area contributed by atoms with E-state index in [-0.39, 0.29) is 34.0 Å². The predicted molar refractivity (Wildman–Crippen MR) is 114 cm³/mol. The van der Waals surface area contributed by atoms with Crippen molar-refractivity contribution in [3.63, 3.8) is 0 Å². The monoisotopic (exact) mass is 466 g/mol. The minimum atomic E-state index is -4.02. The lowest BCUT2D eigenvalue weighted by atomic mass is 9.54. The van der Waals surface area contributed by atoms with Gasteiger partial charge in [0.1, 0.15) is 10.9 Å². The molecule has 0 spiro atoms. The molecule has 0 radical (unpaired) electrons. The van der Waals surface area contributed by atoms with Crippen molar-refractivity contribution in [2.75, 3.05) is 6.54 Å². The number of sulfonamides is 1. The van der Waals surface area contributed by atoms with Gasteiger partial charge < -0.3 is 10.4 Å². The van der Waals surface area contributed by atoms with E-state index >= 15 is 0 Å².